The van der Waals surface area contributed by atoms with E-state index in [4.69, 9.17) is 9.26 Å². The third-order valence-electron chi connectivity index (χ3n) is 4.41. The van der Waals surface area contributed by atoms with E-state index in [0.717, 1.165) is 12.8 Å². The number of amides is 2. The predicted octanol–water partition coefficient (Wildman–Crippen LogP) is 0.681. The van der Waals surface area contributed by atoms with E-state index in [1.165, 1.54) is 12.8 Å². The Morgan fingerprint density at radius 1 is 1.38 bits per heavy atom. The van der Waals surface area contributed by atoms with Gasteiger partial charge in [0.2, 0.25) is 5.91 Å². The topological polar surface area (TPSA) is 96.7 Å². The van der Waals surface area contributed by atoms with Crippen molar-refractivity contribution in [2.75, 3.05) is 31.6 Å². The minimum Gasteiger partial charge on any atom is -0.366 e. The molecule has 1 aliphatic carbocycles. The Morgan fingerprint density at radius 3 is 2.88 bits per heavy atom. The number of nitrogens with one attached hydrogen (secondary N) is 2. The van der Waals surface area contributed by atoms with Crippen molar-refractivity contribution >= 4 is 17.6 Å². The monoisotopic (exact) mass is 336 g/mol. The molecule has 1 atom stereocenters. The molecule has 0 spiro atoms. The van der Waals surface area contributed by atoms with Gasteiger partial charge in [0.15, 0.2) is 5.82 Å². The zero-order valence-corrected chi connectivity index (χ0v) is 13.9. The molecule has 0 aromatic carbocycles. The molecule has 0 unspecified atom stereocenters. The zero-order valence-electron chi connectivity index (χ0n) is 13.9. The molecule has 8 heteroatoms. The highest BCUT2D eigenvalue weighted by molar-refractivity contribution is 5.91. The zero-order chi connectivity index (χ0) is 16.9. The molecule has 1 saturated heterocycles. The van der Waals surface area contributed by atoms with Crippen molar-refractivity contribution < 1.29 is 18.8 Å². The number of anilines is 1. The normalized spacial score (nSPS) is 22.5. The van der Waals surface area contributed by atoms with Crippen molar-refractivity contribution in [2.24, 2.45) is 0 Å². The van der Waals surface area contributed by atoms with E-state index in [0.29, 0.717) is 31.3 Å². The van der Waals surface area contributed by atoms with Crippen molar-refractivity contribution in [3.63, 3.8) is 0 Å². The van der Waals surface area contributed by atoms with Crippen LogP contribution < -0.4 is 10.6 Å². The number of morpholine rings is 1. The fraction of sp³-hybridized carbons (Fsp3) is 0.688. The Kier molecular flexibility index (Phi) is 5.47. The first kappa shape index (κ1) is 16.9. The van der Waals surface area contributed by atoms with Gasteiger partial charge in [-0.3, -0.25) is 14.5 Å². The van der Waals surface area contributed by atoms with Crippen LogP contribution in [0.5, 0.6) is 0 Å². The Morgan fingerprint density at radius 2 is 2.17 bits per heavy atom. The van der Waals surface area contributed by atoms with Gasteiger partial charge in [0, 0.05) is 25.2 Å². The second-order valence-electron chi connectivity index (χ2n) is 6.46. The molecule has 3 rings (SSSR count). The molecule has 132 valence electrons. The smallest absolute Gasteiger partial charge is 0.250 e. The predicted molar refractivity (Wildman–Crippen MR) is 86.4 cm³/mol. The third-order valence-corrected chi connectivity index (χ3v) is 4.41. The van der Waals surface area contributed by atoms with Crippen LogP contribution in [-0.4, -0.2) is 60.3 Å². The molecule has 8 nitrogen and oxygen atoms in total. The number of carbonyl (C=O) groups is 2. The quantitative estimate of drug-likeness (QED) is 0.821. The molecule has 2 fully saturated rings. The van der Waals surface area contributed by atoms with E-state index in [1.54, 1.807) is 13.0 Å². The van der Waals surface area contributed by atoms with E-state index >= 15 is 0 Å². The second-order valence-corrected chi connectivity index (χ2v) is 6.46. The minimum atomic E-state index is -0.513. The number of ether oxygens (including phenoxy) is 1. The number of carbonyl (C=O) groups excluding carboxylic acids is 2. The lowest BCUT2D eigenvalue weighted by molar-refractivity contribution is -0.140. The summed E-state index contributed by atoms with van der Waals surface area (Å²) in [5, 5.41) is 9.47. The Bertz CT molecular complexity index is 582. The van der Waals surface area contributed by atoms with Crippen LogP contribution in [-0.2, 0) is 14.3 Å². The van der Waals surface area contributed by atoms with Crippen LogP contribution in [0.15, 0.2) is 10.6 Å². The number of nitrogens with zero attached hydrogens (tertiary/aromatic N) is 2. The summed E-state index contributed by atoms with van der Waals surface area (Å²) >= 11 is 0. The maximum absolute atomic E-state index is 12.3. The van der Waals surface area contributed by atoms with E-state index in [1.807, 2.05) is 4.90 Å². The van der Waals surface area contributed by atoms with E-state index < -0.39 is 6.10 Å². The summed E-state index contributed by atoms with van der Waals surface area (Å²) in [6.45, 7) is 3.45. The summed E-state index contributed by atoms with van der Waals surface area (Å²) in [6.07, 6.45) is 3.92. The minimum absolute atomic E-state index is 0.0702. The molecule has 2 amide bonds. The summed E-state index contributed by atoms with van der Waals surface area (Å²) in [6, 6.07) is 1.94. The van der Waals surface area contributed by atoms with Gasteiger partial charge in [-0.05, 0) is 19.8 Å². The number of aromatic nitrogens is 1. The van der Waals surface area contributed by atoms with Gasteiger partial charge >= 0.3 is 0 Å². The SMILES string of the molecule is Cc1cc(NC(=O)CN2CCO[C@H](C(=O)NC3CCCC3)C2)no1. The average molecular weight is 336 g/mol. The molecule has 0 radical (unpaired) electrons. The molecule has 2 N–H and O–H groups in total. The first-order valence-corrected chi connectivity index (χ1v) is 8.47. The highest BCUT2D eigenvalue weighted by atomic mass is 16.5. The maximum Gasteiger partial charge on any atom is 0.250 e. The molecule has 0 bridgehead atoms. The maximum atomic E-state index is 12.3. The van der Waals surface area contributed by atoms with Crippen LogP contribution in [0.3, 0.4) is 0 Å². The number of aryl methyl sites for hydroxylation is 1. The lowest BCUT2D eigenvalue weighted by atomic mass is 10.2. The Labute approximate surface area is 140 Å². The van der Waals surface area contributed by atoms with E-state index in [2.05, 4.69) is 15.8 Å². The molecule has 1 aliphatic heterocycles. The van der Waals surface area contributed by atoms with Gasteiger partial charge in [-0.25, -0.2) is 0 Å². The van der Waals surface area contributed by atoms with Gasteiger partial charge in [-0.2, -0.15) is 0 Å². The Hall–Kier alpha value is -1.93. The summed E-state index contributed by atoms with van der Waals surface area (Å²) in [4.78, 5) is 26.3. The summed E-state index contributed by atoms with van der Waals surface area (Å²) in [5.41, 5.74) is 0. The number of rotatable bonds is 5. The van der Waals surface area contributed by atoms with Crippen LogP contribution in [0, 0.1) is 6.92 Å². The number of hydrogen-bond acceptors (Lipinski definition) is 6. The molecule has 24 heavy (non-hydrogen) atoms. The van der Waals surface area contributed by atoms with Crippen molar-refractivity contribution in [1.29, 1.82) is 0 Å². The van der Waals surface area contributed by atoms with E-state index in [9.17, 15) is 9.59 Å². The largest absolute Gasteiger partial charge is 0.366 e. The second kappa shape index (κ2) is 7.76. The van der Waals surface area contributed by atoms with Crippen LogP contribution in [0.25, 0.3) is 0 Å². The molecule has 1 aromatic rings. The fourth-order valence-electron chi connectivity index (χ4n) is 3.18. The lowest BCUT2D eigenvalue weighted by Crippen LogP contribution is -2.52. The molecule has 1 aromatic heterocycles. The number of hydrogen-bond donors (Lipinski definition) is 2. The van der Waals surface area contributed by atoms with Gasteiger partial charge in [0.05, 0.1) is 13.2 Å². The summed E-state index contributed by atoms with van der Waals surface area (Å²) < 4.78 is 10.5. The third kappa shape index (κ3) is 4.55. The highest BCUT2D eigenvalue weighted by Crippen LogP contribution is 2.18. The van der Waals surface area contributed by atoms with Crippen LogP contribution in [0.2, 0.25) is 0 Å². The van der Waals surface area contributed by atoms with Gasteiger partial charge in [0.1, 0.15) is 11.9 Å². The van der Waals surface area contributed by atoms with E-state index in [-0.39, 0.29) is 24.4 Å². The first-order valence-electron chi connectivity index (χ1n) is 8.47. The summed E-state index contributed by atoms with van der Waals surface area (Å²) in [7, 11) is 0. The fourth-order valence-corrected chi connectivity index (χ4v) is 3.18. The van der Waals surface area contributed by atoms with Crippen molar-refractivity contribution in [1.82, 2.24) is 15.4 Å². The van der Waals surface area contributed by atoms with Crippen molar-refractivity contribution in [2.45, 2.75) is 44.8 Å². The van der Waals surface area contributed by atoms with Gasteiger partial charge in [0.25, 0.3) is 5.91 Å². The standard InChI is InChI=1S/C16H24N4O4/c1-11-8-14(19-24-11)18-15(21)10-20-6-7-23-13(9-20)16(22)17-12-4-2-3-5-12/h8,12-13H,2-7,9-10H2,1H3,(H,17,22)(H,18,19,21)/t13-/m0/s1. The van der Waals surface area contributed by atoms with Crippen LogP contribution >= 0.6 is 0 Å². The van der Waals surface area contributed by atoms with Gasteiger partial charge < -0.3 is 19.9 Å². The Balaban J connectivity index is 1.45. The molecule has 2 heterocycles. The van der Waals surface area contributed by atoms with Gasteiger partial charge in [-0.1, -0.05) is 18.0 Å². The van der Waals surface area contributed by atoms with Crippen molar-refractivity contribution in [3.8, 4) is 0 Å². The molecule has 1 saturated carbocycles. The first-order chi connectivity index (χ1) is 11.6. The molecular formula is C16H24N4O4. The lowest BCUT2D eigenvalue weighted by Gasteiger charge is -2.32. The van der Waals surface area contributed by atoms with Crippen LogP contribution in [0.1, 0.15) is 31.4 Å². The molecule has 2 aliphatic rings. The van der Waals surface area contributed by atoms with Crippen LogP contribution in [0.4, 0.5) is 5.82 Å². The molecular weight excluding hydrogens is 312 g/mol. The van der Waals surface area contributed by atoms with Gasteiger partial charge in [-0.15, -0.1) is 0 Å². The summed E-state index contributed by atoms with van der Waals surface area (Å²) in [5.74, 6) is 0.792. The average Bonchev–Trinajstić information content (AvgIpc) is 3.19. The van der Waals surface area contributed by atoms with Crippen molar-refractivity contribution in [3.05, 3.63) is 11.8 Å². The highest BCUT2D eigenvalue weighted by Gasteiger charge is 2.29.